The predicted octanol–water partition coefficient (Wildman–Crippen LogP) is 7.86. The molecule has 5 aliphatic carbocycles. The van der Waals surface area contributed by atoms with E-state index in [0.717, 1.165) is 37.1 Å². The van der Waals surface area contributed by atoms with Crippen LogP contribution in [0.15, 0.2) is 36.9 Å². The summed E-state index contributed by atoms with van der Waals surface area (Å²) in [5, 5.41) is 13.6. The van der Waals surface area contributed by atoms with Crippen molar-refractivity contribution in [2.75, 3.05) is 37.7 Å². The number of fused-ring (bicyclic) bond motifs is 7. The van der Waals surface area contributed by atoms with Crippen molar-refractivity contribution in [3.63, 3.8) is 0 Å². The van der Waals surface area contributed by atoms with Crippen molar-refractivity contribution in [3.05, 3.63) is 53.9 Å². The van der Waals surface area contributed by atoms with Crippen LogP contribution in [0.3, 0.4) is 0 Å². The molecule has 49 heavy (non-hydrogen) atoms. The number of carboxylic acid groups (broad SMARTS) is 1. The van der Waals surface area contributed by atoms with Crippen LogP contribution in [0.1, 0.15) is 108 Å². The van der Waals surface area contributed by atoms with Gasteiger partial charge in [0.25, 0.3) is 0 Å². The number of benzene rings is 1. The fourth-order valence-corrected chi connectivity index (χ4v) is 14.9. The van der Waals surface area contributed by atoms with Crippen LogP contribution >= 0.6 is 0 Å². The van der Waals surface area contributed by atoms with Gasteiger partial charge >= 0.3 is 5.97 Å². The second-order valence-electron chi connectivity index (χ2n) is 18.3. The van der Waals surface area contributed by atoms with E-state index < -0.39 is 21.6 Å². The van der Waals surface area contributed by atoms with Gasteiger partial charge in [0.2, 0.25) is 0 Å². The third kappa shape index (κ3) is 5.34. The number of halogens is 1. The first kappa shape index (κ1) is 35.4. The standard InChI is InChI=1S/C41H59FN2O4S/c1-7-27-12-17-41(43-20-21-44-22-24-49(47,48)25-23-44)19-18-39(5)31(35(27)41)10-11-34-38(4)15-13-30(28-8-9-29(36(45)46)32(42)26-28)37(2,3)33(38)14-16-40(34,39)6/h7-9,13,26-27,31,33-35,43H,1,10-12,14-25H2,2-6H3,(H,45,46). The molecule has 0 radical (unpaired) electrons. The third-order valence-corrected chi connectivity index (χ3v) is 17.8. The van der Waals surface area contributed by atoms with Crippen LogP contribution in [-0.4, -0.2) is 67.6 Å². The molecule has 6 nitrogen and oxygen atoms in total. The summed E-state index contributed by atoms with van der Waals surface area (Å²) >= 11 is 0. The second-order valence-corrected chi connectivity index (χ2v) is 20.6. The van der Waals surface area contributed by atoms with Gasteiger partial charge < -0.3 is 15.3 Å². The smallest absolute Gasteiger partial charge is 0.338 e. The Hall–Kier alpha value is -2.03. The number of hydrogen-bond donors (Lipinski definition) is 2. The second kappa shape index (κ2) is 12.0. The van der Waals surface area contributed by atoms with Gasteiger partial charge in [0.15, 0.2) is 9.84 Å². The molecule has 1 aromatic rings. The van der Waals surface area contributed by atoms with E-state index in [2.05, 4.69) is 63.6 Å². The van der Waals surface area contributed by atoms with E-state index in [0.29, 0.717) is 42.7 Å². The summed E-state index contributed by atoms with van der Waals surface area (Å²) in [6.45, 7) is 20.1. The number of nitrogens with zero attached hydrogens (tertiary/aromatic N) is 1. The van der Waals surface area contributed by atoms with Gasteiger partial charge in [-0.15, -0.1) is 6.58 Å². The van der Waals surface area contributed by atoms with Crippen LogP contribution < -0.4 is 5.32 Å². The first-order valence-electron chi connectivity index (χ1n) is 19.1. The molecule has 2 N–H and O–H groups in total. The van der Waals surface area contributed by atoms with Crippen LogP contribution in [0.5, 0.6) is 0 Å². The molecule has 5 fully saturated rings. The van der Waals surface area contributed by atoms with Gasteiger partial charge in [-0.2, -0.15) is 0 Å². The molecule has 0 bridgehead atoms. The van der Waals surface area contributed by atoms with Crippen LogP contribution in [0, 0.1) is 57.1 Å². The molecule has 1 aliphatic heterocycles. The van der Waals surface area contributed by atoms with Gasteiger partial charge in [0, 0.05) is 31.7 Å². The first-order chi connectivity index (χ1) is 23.0. The Balaban J connectivity index is 1.14. The highest BCUT2D eigenvalue weighted by atomic mass is 32.2. The molecule has 0 aromatic heterocycles. The van der Waals surface area contributed by atoms with Crippen molar-refractivity contribution in [2.45, 2.75) is 97.9 Å². The lowest BCUT2D eigenvalue weighted by Crippen LogP contribution is -2.68. The molecule has 1 heterocycles. The van der Waals surface area contributed by atoms with E-state index in [1.54, 1.807) is 6.07 Å². The molecular formula is C41H59FN2O4S. The Morgan fingerprint density at radius 1 is 1.00 bits per heavy atom. The molecule has 270 valence electrons. The molecule has 1 saturated heterocycles. The van der Waals surface area contributed by atoms with E-state index in [1.165, 1.54) is 57.1 Å². The molecule has 9 unspecified atom stereocenters. The highest BCUT2D eigenvalue weighted by Crippen LogP contribution is 2.76. The van der Waals surface area contributed by atoms with E-state index in [1.807, 2.05) is 0 Å². The average molecular weight is 695 g/mol. The Morgan fingerprint density at radius 2 is 1.73 bits per heavy atom. The minimum absolute atomic E-state index is 0.130. The summed E-state index contributed by atoms with van der Waals surface area (Å²) in [5.41, 5.74) is 2.26. The predicted molar refractivity (Wildman–Crippen MR) is 194 cm³/mol. The Bertz CT molecular complexity index is 1640. The van der Waals surface area contributed by atoms with E-state index >= 15 is 0 Å². The lowest BCUT2D eigenvalue weighted by molar-refractivity contribution is -0.219. The zero-order valence-electron chi connectivity index (χ0n) is 30.5. The van der Waals surface area contributed by atoms with Crippen LogP contribution in [0.4, 0.5) is 4.39 Å². The average Bonchev–Trinajstić information content (AvgIpc) is 3.40. The summed E-state index contributed by atoms with van der Waals surface area (Å²) in [6.07, 6.45) is 15.3. The van der Waals surface area contributed by atoms with E-state index in [-0.39, 0.29) is 44.3 Å². The third-order valence-electron chi connectivity index (χ3n) is 16.2. The molecule has 8 heteroatoms. The molecule has 7 rings (SSSR count). The zero-order valence-corrected chi connectivity index (χ0v) is 31.3. The van der Waals surface area contributed by atoms with Crippen molar-refractivity contribution >= 4 is 21.4 Å². The van der Waals surface area contributed by atoms with Gasteiger partial charge in [-0.1, -0.05) is 52.8 Å². The van der Waals surface area contributed by atoms with Crippen molar-refractivity contribution in [1.29, 1.82) is 0 Å². The number of hydrogen-bond acceptors (Lipinski definition) is 5. The van der Waals surface area contributed by atoms with Crippen molar-refractivity contribution in [2.24, 2.45) is 51.2 Å². The maximum absolute atomic E-state index is 14.9. The number of aromatic carboxylic acids is 1. The molecule has 9 atom stereocenters. The van der Waals surface area contributed by atoms with Crippen LogP contribution in [0.25, 0.3) is 5.57 Å². The number of carbonyl (C=O) groups is 1. The van der Waals surface area contributed by atoms with Gasteiger partial charge in [-0.3, -0.25) is 0 Å². The quantitative estimate of drug-likeness (QED) is 0.283. The Labute approximate surface area is 294 Å². The molecule has 0 spiro atoms. The largest absolute Gasteiger partial charge is 0.478 e. The van der Waals surface area contributed by atoms with Crippen molar-refractivity contribution in [1.82, 2.24) is 10.2 Å². The summed E-state index contributed by atoms with van der Waals surface area (Å²) in [5.74, 6) is 1.48. The molecule has 4 saturated carbocycles. The number of nitrogens with one attached hydrogen (secondary N) is 1. The Kier molecular flexibility index (Phi) is 8.67. The van der Waals surface area contributed by atoms with Gasteiger partial charge in [-0.25, -0.2) is 17.6 Å². The van der Waals surface area contributed by atoms with Gasteiger partial charge in [0.05, 0.1) is 17.1 Å². The highest BCUT2D eigenvalue weighted by molar-refractivity contribution is 7.91. The molecule has 6 aliphatic rings. The summed E-state index contributed by atoms with van der Waals surface area (Å²) < 4.78 is 38.9. The van der Waals surface area contributed by atoms with E-state index in [9.17, 15) is 22.7 Å². The zero-order chi connectivity index (χ0) is 35.2. The Morgan fingerprint density at radius 3 is 2.41 bits per heavy atom. The number of carboxylic acids is 1. The van der Waals surface area contributed by atoms with Gasteiger partial charge in [-0.05, 0) is 132 Å². The fraction of sp³-hybridized carbons (Fsp3) is 0.732. The molecule has 0 amide bonds. The fourth-order valence-electron chi connectivity index (χ4n) is 13.6. The topological polar surface area (TPSA) is 86.7 Å². The summed E-state index contributed by atoms with van der Waals surface area (Å²) in [7, 11) is -2.87. The summed E-state index contributed by atoms with van der Waals surface area (Å²) in [6, 6.07) is 4.67. The maximum Gasteiger partial charge on any atom is 0.338 e. The lowest BCUT2D eigenvalue weighted by Gasteiger charge is -2.72. The normalized spacial score (nSPS) is 42.6. The number of allylic oxidation sites excluding steroid dienone is 3. The first-order valence-corrected chi connectivity index (χ1v) is 20.9. The number of sulfone groups is 1. The van der Waals surface area contributed by atoms with Crippen molar-refractivity contribution < 1.29 is 22.7 Å². The van der Waals surface area contributed by atoms with Crippen LogP contribution in [0.2, 0.25) is 0 Å². The SMILES string of the molecule is C=CC1CCC2(NCCN3CCS(=O)(=O)CC3)CCC3(C)C(CCC4C5(C)CC=C(c6ccc(C(=O)O)c(F)c6)C(C)(C)C5CCC43C)C12. The maximum atomic E-state index is 14.9. The minimum atomic E-state index is -2.87. The van der Waals surface area contributed by atoms with Gasteiger partial charge in [0.1, 0.15) is 5.82 Å². The monoisotopic (exact) mass is 694 g/mol. The molecular weight excluding hydrogens is 636 g/mol. The van der Waals surface area contributed by atoms with Crippen molar-refractivity contribution in [3.8, 4) is 0 Å². The number of rotatable bonds is 7. The lowest BCUT2D eigenvalue weighted by atomic mass is 9.33. The van der Waals surface area contributed by atoms with Crippen LogP contribution in [-0.2, 0) is 9.84 Å². The van der Waals surface area contributed by atoms with E-state index in [4.69, 9.17) is 0 Å². The summed E-state index contributed by atoms with van der Waals surface area (Å²) in [4.78, 5) is 13.8. The molecule has 1 aromatic carbocycles. The highest BCUT2D eigenvalue weighted by Gasteiger charge is 2.70. The minimum Gasteiger partial charge on any atom is -0.478 e.